The molecule has 21 heavy (non-hydrogen) atoms. The summed E-state index contributed by atoms with van der Waals surface area (Å²) in [4.78, 5) is 23.4. The predicted octanol–water partition coefficient (Wildman–Crippen LogP) is 2.87. The molecule has 2 aromatic carbocycles. The van der Waals surface area contributed by atoms with Crippen LogP contribution in [0, 0.1) is 0 Å². The fourth-order valence-corrected chi connectivity index (χ4v) is 2.51. The summed E-state index contributed by atoms with van der Waals surface area (Å²) in [5.74, 6) is -0.181. The monoisotopic (exact) mass is 344 g/mol. The molecular weight excluding hydrogens is 332 g/mol. The second kappa shape index (κ2) is 5.69. The van der Waals surface area contributed by atoms with Crippen LogP contribution >= 0.6 is 15.9 Å². The Morgan fingerprint density at radius 2 is 1.95 bits per heavy atom. The van der Waals surface area contributed by atoms with Crippen LogP contribution in [-0.4, -0.2) is 11.8 Å². The van der Waals surface area contributed by atoms with Gasteiger partial charge in [0.05, 0.1) is 6.42 Å². The molecule has 106 valence electrons. The highest BCUT2D eigenvalue weighted by atomic mass is 79.9. The molecule has 0 unspecified atom stereocenters. The Kier molecular flexibility index (Phi) is 3.75. The molecule has 0 saturated heterocycles. The van der Waals surface area contributed by atoms with Gasteiger partial charge in [0.15, 0.2) is 0 Å². The summed E-state index contributed by atoms with van der Waals surface area (Å²) in [6.07, 6.45) is 0.385. The van der Waals surface area contributed by atoms with Crippen LogP contribution in [0.3, 0.4) is 0 Å². The van der Waals surface area contributed by atoms with E-state index in [1.165, 1.54) is 0 Å². The lowest BCUT2D eigenvalue weighted by atomic mass is 10.1. The van der Waals surface area contributed by atoms with Crippen molar-refractivity contribution in [1.82, 2.24) is 5.32 Å². The van der Waals surface area contributed by atoms with E-state index in [0.717, 1.165) is 21.3 Å². The molecule has 0 saturated carbocycles. The topological polar surface area (TPSA) is 58.2 Å². The van der Waals surface area contributed by atoms with E-state index < -0.39 is 0 Å². The maximum atomic E-state index is 12.1. The molecule has 0 atom stereocenters. The van der Waals surface area contributed by atoms with Gasteiger partial charge in [-0.05, 0) is 35.4 Å². The fourth-order valence-electron chi connectivity index (χ4n) is 2.24. The lowest BCUT2D eigenvalue weighted by molar-refractivity contribution is -0.115. The van der Waals surface area contributed by atoms with Gasteiger partial charge in [-0.1, -0.05) is 34.1 Å². The first kappa shape index (κ1) is 13.8. The van der Waals surface area contributed by atoms with E-state index in [4.69, 9.17) is 0 Å². The SMILES string of the molecule is O=C1Cc2ccc(C(=O)NCc3ccc(Br)cc3)cc2N1. The number of rotatable bonds is 3. The third-order valence-corrected chi connectivity index (χ3v) is 3.89. The van der Waals surface area contributed by atoms with E-state index in [9.17, 15) is 9.59 Å². The van der Waals surface area contributed by atoms with Crippen molar-refractivity contribution in [3.63, 3.8) is 0 Å². The largest absolute Gasteiger partial charge is 0.348 e. The number of amides is 2. The van der Waals surface area contributed by atoms with Crippen LogP contribution in [0.5, 0.6) is 0 Å². The zero-order valence-corrected chi connectivity index (χ0v) is 12.7. The summed E-state index contributed by atoms with van der Waals surface area (Å²) >= 11 is 3.37. The van der Waals surface area contributed by atoms with Gasteiger partial charge in [-0.15, -0.1) is 0 Å². The van der Waals surface area contributed by atoms with Crippen molar-refractivity contribution in [2.24, 2.45) is 0 Å². The van der Waals surface area contributed by atoms with Gasteiger partial charge in [0, 0.05) is 22.3 Å². The standard InChI is InChI=1S/C16H13BrN2O2/c17-13-5-1-10(2-6-13)9-18-16(21)12-4-3-11-8-15(20)19-14(11)7-12/h1-7H,8-9H2,(H,18,21)(H,19,20). The van der Waals surface area contributed by atoms with Crippen molar-refractivity contribution in [3.05, 3.63) is 63.6 Å². The lowest BCUT2D eigenvalue weighted by Gasteiger charge is -2.07. The third-order valence-electron chi connectivity index (χ3n) is 3.36. The first-order chi connectivity index (χ1) is 10.1. The second-order valence-electron chi connectivity index (χ2n) is 4.91. The van der Waals surface area contributed by atoms with Crippen LogP contribution < -0.4 is 10.6 Å². The first-order valence-corrected chi connectivity index (χ1v) is 7.36. The predicted molar refractivity (Wildman–Crippen MR) is 84.1 cm³/mol. The van der Waals surface area contributed by atoms with E-state index in [2.05, 4.69) is 26.6 Å². The molecule has 3 rings (SSSR count). The smallest absolute Gasteiger partial charge is 0.251 e. The average Bonchev–Trinajstić information content (AvgIpc) is 2.85. The Bertz CT molecular complexity index is 711. The zero-order valence-electron chi connectivity index (χ0n) is 11.2. The summed E-state index contributed by atoms with van der Waals surface area (Å²) in [5.41, 5.74) is 3.25. The van der Waals surface area contributed by atoms with E-state index in [0.29, 0.717) is 18.5 Å². The van der Waals surface area contributed by atoms with Gasteiger partial charge >= 0.3 is 0 Å². The molecule has 0 fully saturated rings. The summed E-state index contributed by atoms with van der Waals surface area (Å²) in [7, 11) is 0. The van der Waals surface area contributed by atoms with Gasteiger partial charge in [0.1, 0.15) is 0 Å². The molecule has 0 aromatic heterocycles. The van der Waals surface area contributed by atoms with Crippen molar-refractivity contribution in [1.29, 1.82) is 0 Å². The van der Waals surface area contributed by atoms with Gasteiger partial charge < -0.3 is 10.6 Å². The number of nitrogens with one attached hydrogen (secondary N) is 2. The van der Waals surface area contributed by atoms with Gasteiger partial charge in [-0.2, -0.15) is 0 Å². The maximum Gasteiger partial charge on any atom is 0.251 e. The molecule has 2 amide bonds. The van der Waals surface area contributed by atoms with Gasteiger partial charge in [0.2, 0.25) is 5.91 Å². The average molecular weight is 345 g/mol. The zero-order chi connectivity index (χ0) is 14.8. The van der Waals surface area contributed by atoms with E-state index >= 15 is 0 Å². The summed E-state index contributed by atoms with van der Waals surface area (Å²) in [6, 6.07) is 13.1. The minimum Gasteiger partial charge on any atom is -0.348 e. The molecule has 2 N–H and O–H groups in total. The van der Waals surface area contributed by atoms with Gasteiger partial charge in [0.25, 0.3) is 5.91 Å². The van der Waals surface area contributed by atoms with Gasteiger partial charge in [-0.25, -0.2) is 0 Å². The minimum absolute atomic E-state index is 0.0302. The van der Waals surface area contributed by atoms with Crippen molar-refractivity contribution in [2.75, 3.05) is 5.32 Å². The minimum atomic E-state index is -0.151. The number of hydrogen-bond donors (Lipinski definition) is 2. The molecule has 4 nitrogen and oxygen atoms in total. The molecule has 0 spiro atoms. The molecule has 0 bridgehead atoms. The van der Waals surface area contributed by atoms with Crippen LogP contribution in [0.2, 0.25) is 0 Å². The molecule has 2 aromatic rings. The number of halogens is 1. The summed E-state index contributed by atoms with van der Waals surface area (Å²) in [5, 5.41) is 5.62. The molecule has 0 radical (unpaired) electrons. The first-order valence-electron chi connectivity index (χ1n) is 6.57. The molecule has 1 aliphatic rings. The number of anilines is 1. The van der Waals surface area contributed by atoms with Crippen LogP contribution in [-0.2, 0) is 17.8 Å². The Hall–Kier alpha value is -2.14. The number of benzene rings is 2. The molecule has 5 heteroatoms. The Balaban J connectivity index is 1.67. The quantitative estimate of drug-likeness (QED) is 0.899. The number of hydrogen-bond acceptors (Lipinski definition) is 2. The Morgan fingerprint density at radius 3 is 2.71 bits per heavy atom. The molecule has 1 aliphatic heterocycles. The Morgan fingerprint density at radius 1 is 1.19 bits per heavy atom. The highest BCUT2D eigenvalue weighted by Crippen LogP contribution is 2.24. The van der Waals surface area contributed by atoms with Crippen molar-refractivity contribution < 1.29 is 9.59 Å². The highest BCUT2D eigenvalue weighted by molar-refractivity contribution is 9.10. The molecule has 0 aliphatic carbocycles. The second-order valence-corrected chi connectivity index (χ2v) is 5.82. The van der Waals surface area contributed by atoms with Crippen LogP contribution in [0.1, 0.15) is 21.5 Å². The molecule has 1 heterocycles. The maximum absolute atomic E-state index is 12.1. The fraction of sp³-hybridized carbons (Fsp3) is 0.125. The number of carbonyl (C=O) groups is 2. The summed E-state index contributed by atoms with van der Waals surface area (Å²) < 4.78 is 1.01. The van der Waals surface area contributed by atoms with E-state index in [1.807, 2.05) is 30.3 Å². The number of fused-ring (bicyclic) bond motifs is 1. The van der Waals surface area contributed by atoms with Crippen molar-refractivity contribution >= 4 is 33.4 Å². The highest BCUT2D eigenvalue weighted by Gasteiger charge is 2.18. The van der Waals surface area contributed by atoms with Crippen molar-refractivity contribution in [3.8, 4) is 0 Å². The summed E-state index contributed by atoms with van der Waals surface area (Å²) in [6.45, 7) is 0.468. The van der Waals surface area contributed by atoms with Crippen LogP contribution in [0.15, 0.2) is 46.9 Å². The lowest BCUT2D eigenvalue weighted by Crippen LogP contribution is -2.22. The van der Waals surface area contributed by atoms with Crippen LogP contribution in [0.25, 0.3) is 0 Å². The van der Waals surface area contributed by atoms with Crippen LogP contribution in [0.4, 0.5) is 5.69 Å². The third kappa shape index (κ3) is 3.13. The normalized spacial score (nSPS) is 12.7. The number of carbonyl (C=O) groups excluding carboxylic acids is 2. The van der Waals surface area contributed by atoms with E-state index in [-0.39, 0.29) is 11.8 Å². The Labute approximate surface area is 130 Å². The molecular formula is C16H13BrN2O2. The van der Waals surface area contributed by atoms with E-state index in [1.54, 1.807) is 12.1 Å². The van der Waals surface area contributed by atoms with Crippen molar-refractivity contribution in [2.45, 2.75) is 13.0 Å². The van der Waals surface area contributed by atoms with Gasteiger partial charge in [-0.3, -0.25) is 9.59 Å².